The summed E-state index contributed by atoms with van der Waals surface area (Å²) in [6.07, 6.45) is 0. The van der Waals surface area contributed by atoms with Crippen molar-refractivity contribution in [3.8, 4) is 0 Å². The minimum atomic E-state index is -1.45. The highest BCUT2D eigenvalue weighted by molar-refractivity contribution is 8.63. The fourth-order valence-corrected chi connectivity index (χ4v) is 1.21. The second-order valence-corrected chi connectivity index (χ2v) is 4.53. The van der Waals surface area contributed by atoms with Crippen molar-refractivity contribution in [3.05, 3.63) is 24.0 Å². The van der Waals surface area contributed by atoms with Crippen molar-refractivity contribution in [2.24, 2.45) is 0 Å². The molecule has 46 valence electrons. The zero-order valence-corrected chi connectivity index (χ0v) is 5.83. The third kappa shape index (κ3) is 2.18. The van der Waals surface area contributed by atoms with Crippen LogP contribution < -0.4 is 0 Å². The normalized spacial score (nSPS) is 16.5. The van der Waals surface area contributed by atoms with Crippen molar-refractivity contribution in [2.45, 2.75) is 0 Å². The molecule has 0 saturated heterocycles. The lowest BCUT2D eigenvalue weighted by Gasteiger charge is -1.82. The average molecular weight is 150 g/mol. The maximum Gasteiger partial charge on any atom is 0.139 e. The average Bonchev–Trinajstić information content (AvgIpc) is 1.84. The van der Waals surface area contributed by atoms with E-state index in [2.05, 4.69) is 13.2 Å². The predicted molar refractivity (Wildman–Crippen MR) is 36.7 cm³/mol. The molecule has 0 spiro atoms. The first-order chi connectivity index (χ1) is 3.72. The third-order valence-corrected chi connectivity index (χ3v) is 3.09. The summed E-state index contributed by atoms with van der Waals surface area (Å²) in [5.41, 5.74) is 0. The minimum absolute atomic E-state index is 1.12. The van der Waals surface area contributed by atoms with E-state index < -0.39 is 19.7 Å². The molecular formula is C4H6O2S2. The Balaban J connectivity index is 4.02. The molecule has 0 aromatic heterocycles. The van der Waals surface area contributed by atoms with Crippen LogP contribution in [0.2, 0.25) is 0 Å². The van der Waals surface area contributed by atoms with E-state index in [0.717, 1.165) is 10.8 Å². The predicted octanol–water partition coefficient (Wildman–Crippen LogP) is 0.686. The first-order valence-electron chi connectivity index (χ1n) is 1.79. The van der Waals surface area contributed by atoms with Crippen LogP contribution in [-0.4, -0.2) is 8.42 Å². The van der Waals surface area contributed by atoms with Gasteiger partial charge in [0.25, 0.3) is 0 Å². The smallest absolute Gasteiger partial charge is 0.139 e. The molecule has 8 heavy (non-hydrogen) atoms. The number of hydrogen-bond acceptors (Lipinski definition) is 2. The van der Waals surface area contributed by atoms with Crippen molar-refractivity contribution >= 4 is 19.7 Å². The maximum atomic E-state index is 10.4. The van der Waals surface area contributed by atoms with Crippen LogP contribution in [0.4, 0.5) is 0 Å². The summed E-state index contributed by atoms with van der Waals surface area (Å²) in [6.45, 7) is 6.38. The molecule has 0 aliphatic heterocycles. The summed E-state index contributed by atoms with van der Waals surface area (Å²) in [7, 11) is -2.91. The zero-order valence-electron chi connectivity index (χ0n) is 4.20. The van der Waals surface area contributed by atoms with Gasteiger partial charge in [0.05, 0.1) is 0 Å². The van der Waals surface area contributed by atoms with Crippen LogP contribution >= 0.6 is 0 Å². The first kappa shape index (κ1) is 7.78. The van der Waals surface area contributed by atoms with E-state index in [-0.39, 0.29) is 0 Å². The molecule has 2 unspecified atom stereocenters. The Morgan fingerprint density at radius 2 is 1.25 bits per heavy atom. The van der Waals surface area contributed by atoms with Crippen molar-refractivity contribution < 1.29 is 8.42 Å². The van der Waals surface area contributed by atoms with Gasteiger partial charge in [0.1, 0.15) is 19.7 Å². The van der Waals surface area contributed by atoms with Crippen LogP contribution in [0, 0.1) is 0 Å². The summed E-state index contributed by atoms with van der Waals surface area (Å²) in [5.74, 6) is 0. The second kappa shape index (κ2) is 3.74. The molecule has 0 heterocycles. The lowest BCUT2D eigenvalue weighted by molar-refractivity contribution is 0.682. The maximum absolute atomic E-state index is 10.4. The van der Waals surface area contributed by atoms with Gasteiger partial charge in [-0.15, -0.1) is 0 Å². The zero-order chi connectivity index (χ0) is 6.57. The van der Waals surface area contributed by atoms with Crippen LogP contribution in [-0.2, 0) is 19.7 Å². The van der Waals surface area contributed by atoms with Gasteiger partial charge in [0.15, 0.2) is 0 Å². The Morgan fingerprint density at radius 1 is 1.00 bits per heavy atom. The molecule has 0 saturated carbocycles. The van der Waals surface area contributed by atoms with Gasteiger partial charge in [-0.05, 0) is 0 Å². The van der Waals surface area contributed by atoms with Crippen LogP contribution in [0.5, 0.6) is 0 Å². The molecule has 0 aliphatic carbocycles. The molecule has 2 nitrogen and oxygen atoms in total. The highest BCUT2D eigenvalue weighted by atomic mass is 33.1. The van der Waals surface area contributed by atoms with Gasteiger partial charge in [0.2, 0.25) is 0 Å². The molecule has 0 N–H and O–H groups in total. The Labute approximate surface area is 52.6 Å². The van der Waals surface area contributed by atoms with Gasteiger partial charge < -0.3 is 0 Å². The molecule has 0 aliphatic rings. The first-order valence-corrected chi connectivity index (χ1v) is 4.73. The second-order valence-electron chi connectivity index (χ2n) is 0.854. The summed E-state index contributed by atoms with van der Waals surface area (Å²) < 4.78 is 20.7. The molecule has 0 fully saturated rings. The Kier molecular flexibility index (Phi) is 3.64. The highest BCUT2D eigenvalue weighted by Gasteiger charge is 1.96. The van der Waals surface area contributed by atoms with E-state index in [0.29, 0.717) is 0 Å². The summed E-state index contributed by atoms with van der Waals surface area (Å²) in [6, 6.07) is 0. The van der Waals surface area contributed by atoms with Gasteiger partial charge in [-0.2, -0.15) is 0 Å². The third-order valence-electron chi connectivity index (χ3n) is 0.434. The fraction of sp³-hybridized carbons (Fsp3) is 0. The van der Waals surface area contributed by atoms with Crippen molar-refractivity contribution in [1.82, 2.24) is 0 Å². The molecule has 2 atom stereocenters. The monoisotopic (exact) mass is 150 g/mol. The van der Waals surface area contributed by atoms with Gasteiger partial charge in [0, 0.05) is 10.8 Å². The summed E-state index contributed by atoms with van der Waals surface area (Å²) in [5, 5.41) is 2.25. The summed E-state index contributed by atoms with van der Waals surface area (Å²) >= 11 is 0. The van der Waals surface area contributed by atoms with Crippen molar-refractivity contribution in [3.63, 3.8) is 0 Å². The highest BCUT2D eigenvalue weighted by Crippen LogP contribution is 1.91. The van der Waals surface area contributed by atoms with E-state index in [9.17, 15) is 8.42 Å². The Hall–Kier alpha value is -0.220. The van der Waals surface area contributed by atoms with Crippen molar-refractivity contribution in [2.75, 3.05) is 0 Å². The molecule has 4 heteroatoms. The molecule has 0 rings (SSSR count). The Bertz CT molecular complexity index is 132. The summed E-state index contributed by atoms with van der Waals surface area (Å²) in [4.78, 5) is 0. The van der Waals surface area contributed by atoms with Crippen LogP contribution in [0.15, 0.2) is 24.0 Å². The van der Waals surface area contributed by atoms with E-state index in [1.807, 2.05) is 0 Å². The van der Waals surface area contributed by atoms with E-state index in [4.69, 9.17) is 0 Å². The topological polar surface area (TPSA) is 34.1 Å². The lowest BCUT2D eigenvalue weighted by Crippen LogP contribution is -1.88. The molecule has 0 bridgehead atoms. The van der Waals surface area contributed by atoms with Crippen LogP contribution in [0.1, 0.15) is 0 Å². The van der Waals surface area contributed by atoms with Crippen LogP contribution in [0.25, 0.3) is 0 Å². The molecule has 0 amide bonds. The fourth-order valence-electron chi connectivity index (χ4n) is 0.134. The van der Waals surface area contributed by atoms with E-state index in [1.165, 1.54) is 0 Å². The van der Waals surface area contributed by atoms with Crippen LogP contribution in [0.3, 0.4) is 0 Å². The van der Waals surface area contributed by atoms with Gasteiger partial charge in [-0.1, -0.05) is 13.2 Å². The Morgan fingerprint density at radius 3 is 1.38 bits per heavy atom. The van der Waals surface area contributed by atoms with E-state index in [1.54, 1.807) is 0 Å². The van der Waals surface area contributed by atoms with Crippen molar-refractivity contribution in [1.29, 1.82) is 0 Å². The lowest BCUT2D eigenvalue weighted by atomic mass is 11.3. The molecule has 0 aromatic carbocycles. The van der Waals surface area contributed by atoms with Gasteiger partial charge >= 0.3 is 0 Å². The largest absolute Gasteiger partial charge is 0.240 e. The number of hydrogen-bond donors (Lipinski definition) is 0. The standard InChI is InChI=1S/C4H6O2S2/c1-3-7(5)8(6)4-2/h3-4H,1-2H2. The van der Waals surface area contributed by atoms with E-state index >= 15 is 0 Å². The number of rotatable bonds is 3. The minimum Gasteiger partial charge on any atom is -0.240 e. The molecule has 0 aromatic rings. The molecular weight excluding hydrogens is 144 g/mol. The quantitative estimate of drug-likeness (QED) is 0.554. The van der Waals surface area contributed by atoms with Gasteiger partial charge in [-0.3, -0.25) is 0 Å². The SMILES string of the molecule is C=CS(=O)S(=O)C=C. The molecule has 0 radical (unpaired) electrons. The van der Waals surface area contributed by atoms with Gasteiger partial charge in [-0.25, -0.2) is 8.42 Å².